The summed E-state index contributed by atoms with van der Waals surface area (Å²) in [5.41, 5.74) is 1.12. The van der Waals surface area contributed by atoms with Gasteiger partial charge in [-0.2, -0.15) is 13.2 Å². The first kappa shape index (κ1) is 20.6. The van der Waals surface area contributed by atoms with E-state index in [1.165, 1.54) is 31.2 Å². The SMILES string of the molecule is Cc1cc2c(cc1-c1ccc(NC(=O)c3c(C)noc3C(F)(F)F)cc1)OC(F)(F)O2. The van der Waals surface area contributed by atoms with E-state index in [-0.39, 0.29) is 22.9 Å². The first-order valence-electron chi connectivity index (χ1n) is 8.80. The van der Waals surface area contributed by atoms with Crippen LogP contribution in [0, 0.1) is 13.8 Å². The van der Waals surface area contributed by atoms with Crippen LogP contribution < -0.4 is 14.8 Å². The number of halogens is 5. The Kier molecular flexibility index (Phi) is 4.64. The normalized spacial score (nSPS) is 14.5. The molecule has 11 heteroatoms. The van der Waals surface area contributed by atoms with E-state index in [4.69, 9.17) is 0 Å². The zero-order valence-corrected chi connectivity index (χ0v) is 15.9. The van der Waals surface area contributed by atoms with Gasteiger partial charge in [0.05, 0.1) is 5.69 Å². The van der Waals surface area contributed by atoms with Gasteiger partial charge in [0.1, 0.15) is 5.56 Å². The van der Waals surface area contributed by atoms with Crippen molar-refractivity contribution in [3.8, 4) is 22.6 Å². The highest BCUT2D eigenvalue weighted by molar-refractivity contribution is 6.05. The van der Waals surface area contributed by atoms with Gasteiger partial charge >= 0.3 is 12.5 Å². The summed E-state index contributed by atoms with van der Waals surface area (Å²) < 4.78 is 78.6. The van der Waals surface area contributed by atoms with Crippen LogP contribution in [0.4, 0.5) is 27.6 Å². The van der Waals surface area contributed by atoms with E-state index in [1.54, 1.807) is 19.1 Å². The minimum absolute atomic E-state index is 0.0836. The number of carbonyl (C=O) groups is 1. The van der Waals surface area contributed by atoms with Gasteiger partial charge in [-0.3, -0.25) is 4.79 Å². The molecule has 1 aromatic heterocycles. The average molecular weight is 440 g/mol. The van der Waals surface area contributed by atoms with E-state index in [9.17, 15) is 26.7 Å². The lowest BCUT2D eigenvalue weighted by atomic mass is 9.99. The molecule has 0 saturated heterocycles. The standard InChI is InChI=1S/C20H13F5N2O4/c1-9-7-14-15(30-20(24,25)29-14)8-13(9)11-3-5-12(6-4-11)26-18(28)16-10(2)27-31-17(16)19(21,22)23/h3-8H,1-2H3,(H,26,28). The number of benzene rings is 2. The minimum atomic E-state index is -4.87. The Morgan fingerprint density at radius 3 is 2.26 bits per heavy atom. The summed E-state index contributed by atoms with van der Waals surface area (Å²) in [7, 11) is 0. The highest BCUT2D eigenvalue weighted by Gasteiger charge is 2.44. The molecule has 2 aromatic carbocycles. The summed E-state index contributed by atoms with van der Waals surface area (Å²) in [6.07, 6.45) is -8.61. The molecule has 0 saturated carbocycles. The molecular formula is C20H13F5N2O4. The Balaban J connectivity index is 1.57. The number of anilines is 1. The van der Waals surface area contributed by atoms with E-state index in [2.05, 4.69) is 24.5 Å². The number of aryl methyl sites for hydroxylation is 2. The van der Waals surface area contributed by atoms with Crippen LogP contribution in [0.25, 0.3) is 11.1 Å². The monoisotopic (exact) mass is 440 g/mol. The smallest absolute Gasteiger partial charge is 0.395 e. The van der Waals surface area contributed by atoms with Gasteiger partial charge in [0.2, 0.25) is 0 Å². The molecule has 3 aromatic rings. The fourth-order valence-electron chi connectivity index (χ4n) is 3.17. The van der Waals surface area contributed by atoms with Crippen molar-refractivity contribution in [1.82, 2.24) is 5.16 Å². The third kappa shape index (κ3) is 3.90. The molecule has 1 aliphatic rings. The van der Waals surface area contributed by atoms with Gasteiger partial charge in [0, 0.05) is 5.69 Å². The highest BCUT2D eigenvalue weighted by Crippen LogP contribution is 2.44. The Labute approximate surface area is 171 Å². The molecule has 1 N–H and O–H groups in total. The predicted molar refractivity (Wildman–Crippen MR) is 97.0 cm³/mol. The van der Waals surface area contributed by atoms with Gasteiger partial charge in [-0.1, -0.05) is 17.3 Å². The molecule has 1 amide bonds. The van der Waals surface area contributed by atoms with E-state index < -0.39 is 29.7 Å². The van der Waals surface area contributed by atoms with Crippen molar-refractivity contribution in [2.24, 2.45) is 0 Å². The first-order valence-corrected chi connectivity index (χ1v) is 8.80. The van der Waals surface area contributed by atoms with Crippen LogP contribution in [-0.4, -0.2) is 17.4 Å². The predicted octanol–water partition coefficient (Wildman–Crippen LogP) is 5.55. The molecule has 0 aliphatic carbocycles. The molecule has 31 heavy (non-hydrogen) atoms. The number of hydrogen-bond acceptors (Lipinski definition) is 5. The second kappa shape index (κ2) is 6.96. The van der Waals surface area contributed by atoms with Crippen molar-refractivity contribution in [2.45, 2.75) is 26.3 Å². The quantitative estimate of drug-likeness (QED) is 0.541. The van der Waals surface area contributed by atoms with Crippen molar-refractivity contribution >= 4 is 11.6 Å². The summed E-state index contributed by atoms with van der Waals surface area (Å²) in [5.74, 6) is -2.71. The van der Waals surface area contributed by atoms with Gasteiger partial charge < -0.3 is 19.3 Å². The number of hydrogen-bond donors (Lipinski definition) is 1. The van der Waals surface area contributed by atoms with Gasteiger partial charge in [0.15, 0.2) is 11.5 Å². The molecule has 0 fully saturated rings. The molecule has 2 heterocycles. The van der Waals surface area contributed by atoms with E-state index in [1.807, 2.05) is 0 Å². The van der Waals surface area contributed by atoms with Crippen molar-refractivity contribution in [3.05, 3.63) is 59.0 Å². The van der Waals surface area contributed by atoms with Crippen LogP contribution in [0.2, 0.25) is 0 Å². The van der Waals surface area contributed by atoms with E-state index in [0.717, 1.165) is 0 Å². The topological polar surface area (TPSA) is 73.6 Å². The van der Waals surface area contributed by atoms with Crippen molar-refractivity contribution in [2.75, 3.05) is 5.32 Å². The molecule has 0 spiro atoms. The van der Waals surface area contributed by atoms with Gasteiger partial charge in [0.25, 0.3) is 11.7 Å². The van der Waals surface area contributed by atoms with Gasteiger partial charge in [-0.05, 0) is 54.8 Å². The summed E-state index contributed by atoms with van der Waals surface area (Å²) in [4.78, 5) is 12.3. The molecular weight excluding hydrogens is 427 g/mol. The number of fused-ring (bicyclic) bond motifs is 1. The molecule has 0 atom stereocenters. The maximum atomic E-state index is 13.3. The summed E-state index contributed by atoms with van der Waals surface area (Å²) in [5, 5.41) is 5.58. The number of carbonyl (C=O) groups excluding carboxylic acids is 1. The number of nitrogens with one attached hydrogen (secondary N) is 1. The van der Waals surface area contributed by atoms with Gasteiger partial charge in [-0.25, -0.2) is 0 Å². The lowest BCUT2D eigenvalue weighted by Crippen LogP contribution is -2.25. The molecule has 0 bridgehead atoms. The Hall–Kier alpha value is -3.63. The van der Waals surface area contributed by atoms with Crippen molar-refractivity contribution in [3.63, 3.8) is 0 Å². The fraction of sp³-hybridized carbons (Fsp3) is 0.200. The Morgan fingerprint density at radius 1 is 1.03 bits per heavy atom. The third-order valence-corrected chi connectivity index (χ3v) is 4.55. The van der Waals surface area contributed by atoms with Crippen LogP contribution in [0.15, 0.2) is 40.9 Å². The van der Waals surface area contributed by atoms with Crippen LogP contribution in [-0.2, 0) is 6.18 Å². The number of rotatable bonds is 3. The lowest BCUT2D eigenvalue weighted by Gasteiger charge is -2.10. The molecule has 162 valence electrons. The fourth-order valence-corrected chi connectivity index (χ4v) is 3.17. The number of amides is 1. The third-order valence-electron chi connectivity index (χ3n) is 4.55. The van der Waals surface area contributed by atoms with Crippen molar-refractivity contribution < 1.29 is 40.7 Å². The molecule has 1 aliphatic heterocycles. The Bertz CT molecular complexity index is 1170. The molecule has 0 unspecified atom stereocenters. The zero-order chi connectivity index (χ0) is 22.6. The largest absolute Gasteiger partial charge is 0.586 e. The maximum absolute atomic E-state index is 13.3. The second-order valence-corrected chi connectivity index (χ2v) is 6.78. The summed E-state index contributed by atoms with van der Waals surface area (Å²) >= 11 is 0. The van der Waals surface area contributed by atoms with Crippen LogP contribution in [0.3, 0.4) is 0 Å². The van der Waals surface area contributed by atoms with E-state index >= 15 is 0 Å². The molecule has 6 nitrogen and oxygen atoms in total. The lowest BCUT2D eigenvalue weighted by molar-refractivity contribution is -0.286. The Morgan fingerprint density at radius 2 is 1.65 bits per heavy atom. The number of ether oxygens (including phenoxy) is 2. The minimum Gasteiger partial charge on any atom is -0.395 e. The van der Waals surface area contributed by atoms with Crippen molar-refractivity contribution in [1.29, 1.82) is 0 Å². The van der Waals surface area contributed by atoms with Crippen LogP contribution >= 0.6 is 0 Å². The second-order valence-electron chi connectivity index (χ2n) is 6.78. The first-order chi connectivity index (χ1) is 14.4. The number of alkyl halides is 5. The summed E-state index contributed by atoms with van der Waals surface area (Å²) in [6.45, 7) is 2.92. The van der Waals surface area contributed by atoms with Crippen LogP contribution in [0.5, 0.6) is 11.5 Å². The number of nitrogens with zero attached hydrogens (tertiary/aromatic N) is 1. The molecule has 4 rings (SSSR count). The number of aromatic nitrogens is 1. The maximum Gasteiger partial charge on any atom is 0.586 e. The van der Waals surface area contributed by atoms with E-state index in [0.29, 0.717) is 16.7 Å². The van der Waals surface area contributed by atoms with Crippen LogP contribution in [0.1, 0.15) is 27.4 Å². The highest BCUT2D eigenvalue weighted by atomic mass is 19.4. The average Bonchev–Trinajstić information content (AvgIpc) is 3.19. The molecule has 0 radical (unpaired) electrons. The zero-order valence-electron chi connectivity index (χ0n) is 15.9. The summed E-state index contributed by atoms with van der Waals surface area (Å²) in [6, 6.07) is 8.88. The van der Waals surface area contributed by atoms with Gasteiger partial charge in [-0.15, -0.1) is 8.78 Å².